The Labute approximate surface area is 130 Å². The van der Waals surface area contributed by atoms with Gasteiger partial charge in [-0.3, -0.25) is 4.79 Å². The highest BCUT2D eigenvalue weighted by Gasteiger charge is 2.13. The van der Waals surface area contributed by atoms with Crippen molar-refractivity contribution in [3.63, 3.8) is 0 Å². The fourth-order valence-electron chi connectivity index (χ4n) is 2.21. The fraction of sp³-hybridized carbons (Fsp3) is 0.278. The monoisotopic (exact) mass is 301 g/mol. The summed E-state index contributed by atoms with van der Waals surface area (Å²) in [6.45, 7) is 4.00. The van der Waals surface area contributed by atoms with Crippen molar-refractivity contribution in [2.24, 2.45) is 0 Å². The van der Waals surface area contributed by atoms with Crippen molar-refractivity contribution < 1.29 is 13.9 Å². The summed E-state index contributed by atoms with van der Waals surface area (Å²) in [6.07, 6.45) is 0.978. The topological polar surface area (TPSA) is 38.3 Å². The van der Waals surface area contributed by atoms with E-state index >= 15 is 0 Å². The second-order valence-corrected chi connectivity index (χ2v) is 5.14. The number of carbonyl (C=O) groups excluding carboxylic acids is 1. The van der Waals surface area contributed by atoms with E-state index in [0.29, 0.717) is 0 Å². The zero-order valence-corrected chi connectivity index (χ0v) is 13.0. The Morgan fingerprint density at radius 3 is 2.45 bits per heavy atom. The first-order valence-electron chi connectivity index (χ1n) is 7.28. The van der Waals surface area contributed by atoms with E-state index in [1.54, 1.807) is 6.07 Å². The van der Waals surface area contributed by atoms with Gasteiger partial charge in [0.15, 0.2) is 11.6 Å². The van der Waals surface area contributed by atoms with Gasteiger partial charge in [-0.05, 0) is 42.7 Å². The number of benzene rings is 2. The van der Waals surface area contributed by atoms with Gasteiger partial charge in [0.25, 0.3) is 5.91 Å². The molecule has 2 aromatic carbocycles. The van der Waals surface area contributed by atoms with Gasteiger partial charge in [-0.25, -0.2) is 4.39 Å². The summed E-state index contributed by atoms with van der Waals surface area (Å²) in [4.78, 5) is 12.2. The molecule has 0 heterocycles. The van der Waals surface area contributed by atoms with E-state index in [1.165, 1.54) is 24.8 Å². The van der Waals surface area contributed by atoms with E-state index < -0.39 is 5.82 Å². The van der Waals surface area contributed by atoms with Gasteiger partial charge >= 0.3 is 0 Å². The summed E-state index contributed by atoms with van der Waals surface area (Å²) in [7, 11) is 1.39. The second kappa shape index (κ2) is 7.07. The van der Waals surface area contributed by atoms with Crippen molar-refractivity contribution in [3.05, 3.63) is 65.0 Å². The molecule has 116 valence electrons. The summed E-state index contributed by atoms with van der Waals surface area (Å²) in [6, 6.07) is 12.1. The molecule has 0 aliphatic rings. The summed E-state index contributed by atoms with van der Waals surface area (Å²) in [5.41, 5.74) is 2.54. The highest BCUT2D eigenvalue weighted by atomic mass is 19.1. The predicted molar refractivity (Wildman–Crippen MR) is 84.7 cm³/mol. The maximum absolute atomic E-state index is 13.6. The number of nitrogens with one attached hydrogen (secondary N) is 1. The summed E-state index contributed by atoms with van der Waals surface area (Å²) < 4.78 is 18.5. The van der Waals surface area contributed by atoms with E-state index in [1.807, 2.05) is 31.2 Å². The molecule has 0 bridgehead atoms. The molecule has 4 heteroatoms. The van der Waals surface area contributed by atoms with Crippen LogP contribution in [0.15, 0.2) is 42.5 Å². The number of methoxy groups -OCH3 is 1. The normalized spacial score (nSPS) is 11.8. The lowest BCUT2D eigenvalue weighted by Gasteiger charge is -2.15. The summed E-state index contributed by atoms with van der Waals surface area (Å²) >= 11 is 0. The third-order valence-corrected chi connectivity index (χ3v) is 3.65. The minimum atomic E-state index is -0.546. The molecule has 0 saturated carbocycles. The molecule has 0 unspecified atom stereocenters. The van der Waals surface area contributed by atoms with Crippen molar-refractivity contribution in [1.82, 2.24) is 5.32 Å². The van der Waals surface area contributed by atoms with Gasteiger partial charge in [0, 0.05) is 5.56 Å². The fourth-order valence-corrected chi connectivity index (χ4v) is 2.21. The van der Waals surface area contributed by atoms with Gasteiger partial charge in [-0.1, -0.05) is 31.2 Å². The molecule has 0 saturated heterocycles. The molecule has 0 aliphatic heterocycles. The Balaban J connectivity index is 2.08. The van der Waals surface area contributed by atoms with Crippen LogP contribution in [0.25, 0.3) is 0 Å². The van der Waals surface area contributed by atoms with Crippen molar-refractivity contribution in [2.45, 2.75) is 26.3 Å². The first-order valence-corrected chi connectivity index (χ1v) is 7.28. The quantitative estimate of drug-likeness (QED) is 0.910. The molecule has 0 fully saturated rings. The molecular weight excluding hydrogens is 281 g/mol. The third kappa shape index (κ3) is 3.64. The van der Waals surface area contributed by atoms with Crippen LogP contribution in [0, 0.1) is 5.82 Å². The molecule has 2 aromatic rings. The number of hydrogen-bond acceptors (Lipinski definition) is 2. The number of carbonyl (C=O) groups is 1. The van der Waals surface area contributed by atoms with Gasteiger partial charge in [0.2, 0.25) is 0 Å². The number of halogens is 1. The van der Waals surface area contributed by atoms with E-state index in [-0.39, 0.29) is 23.3 Å². The molecule has 1 atom stereocenters. The van der Waals surface area contributed by atoms with Crippen LogP contribution >= 0.6 is 0 Å². The minimum absolute atomic E-state index is 0.125. The molecule has 22 heavy (non-hydrogen) atoms. The molecule has 3 nitrogen and oxygen atoms in total. The second-order valence-electron chi connectivity index (χ2n) is 5.14. The SMILES string of the molecule is CCc1ccc([C@H](C)NC(=O)c2ccc(OC)c(F)c2)cc1. The predicted octanol–water partition coefficient (Wildman–Crippen LogP) is 3.89. The van der Waals surface area contributed by atoms with E-state index in [0.717, 1.165) is 12.0 Å². The average Bonchev–Trinajstić information content (AvgIpc) is 2.54. The van der Waals surface area contributed by atoms with Gasteiger partial charge in [-0.2, -0.15) is 0 Å². The Kier molecular flexibility index (Phi) is 5.15. The summed E-state index contributed by atoms with van der Waals surface area (Å²) in [5, 5.41) is 2.87. The molecule has 0 aliphatic carbocycles. The molecular formula is C18H20FNO2. The maximum Gasteiger partial charge on any atom is 0.251 e. The first kappa shape index (κ1) is 16.0. The van der Waals surface area contributed by atoms with Crippen LogP contribution in [0.1, 0.15) is 41.4 Å². The number of hydrogen-bond donors (Lipinski definition) is 1. The molecule has 0 aromatic heterocycles. The third-order valence-electron chi connectivity index (χ3n) is 3.65. The lowest BCUT2D eigenvalue weighted by atomic mass is 10.0. The van der Waals surface area contributed by atoms with E-state index in [2.05, 4.69) is 12.2 Å². The maximum atomic E-state index is 13.6. The molecule has 0 radical (unpaired) electrons. The van der Waals surface area contributed by atoms with Crippen LogP contribution in [-0.2, 0) is 6.42 Å². The van der Waals surface area contributed by atoms with Crippen LogP contribution < -0.4 is 10.1 Å². The van der Waals surface area contributed by atoms with Crippen molar-refractivity contribution in [1.29, 1.82) is 0 Å². The van der Waals surface area contributed by atoms with Gasteiger partial charge in [-0.15, -0.1) is 0 Å². The average molecular weight is 301 g/mol. The minimum Gasteiger partial charge on any atom is -0.494 e. The van der Waals surface area contributed by atoms with Crippen LogP contribution in [0.3, 0.4) is 0 Å². The Bertz CT molecular complexity index is 653. The largest absolute Gasteiger partial charge is 0.494 e. The lowest BCUT2D eigenvalue weighted by molar-refractivity contribution is 0.0939. The molecule has 2 rings (SSSR count). The summed E-state index contributed by atoms with van der Waals surface area (Å²) in [5.74, 6) is -0.733. The van der Waals surface area contributed by atoms with Crippen molar-refractivity contribution >= 4 is 5.91 Å². The Hall–Kier alpha value is -2.36. The zero-order chi connectivity index (χ0) is 16.1. The van der Waals surface area contributed by atoms with E-state index in [9.17, 15) is 9.18 Å². The standard InChI is InChI=1S/C18H20FNO2/c1-4-13-5-7-14(8-6-13)12(2)20-18(21)15-9-10-17(22-3)16(19)11-15/h5-12H,4H2,1-3H3,(H,20,21)/t12-/m0/s1. The Morgan fingerprint density at radius 2 is 1.91 bits per heavy atom. The van der Waals surface area contributed by atoms with Gasteiger partial charge < -0.3 is 10.1 Å². The number of ether oxygens (including phenoxy) is 1. The number of aryl methyl sites for hydroxylation is 1. The molecule has 1 amide bonds. The molecule has 0 spiro atoms. The number of rotatable bonds is 5. The first-order chi connectivity index (χ1) is 10.5. The van der Waals surface area contributed by atoms with Gasteiger partial charge in [0.1, 0.15) is 0 Å². The zero-order valence-electron chi connectivity index (χ0n) is 13.0. The van der Waals surface area contributed by atoms with Gasteiger partial charge in [0.05, 0.1) is 13.2 Å². The highest BCUT2D eigenvalue weighted by molar-refractivity contribution is 5.94. The Morgan fingerprint density at radius 1 is 1.23 bits per heavy atom. The van der Waals surface area contributed by atoms with Crippen LogP contribution in [-0.4, -0.2) is 13.0 Å². The highest BCUT2D eigenvalue weighted by Crippen LogP contribution is 2.19. The van der Waals surface area contributed by atoms with Crippen LogP contribution in [0.2, 0.25) is 0 Å². The smallest absolute Gasteiger partial charge is 0.251 e. The van der Waals surface area contributed by atoms with Crippen molar-refractivity contribution in [3.8, 4) is 5.75 Å². The molecule has 1 N–H and O–H groups in total. The lowest BCUT2D eigenvalue weighted by Crippen LogP contribution is -2.26. The van der Waals surface area contributed by atoms with Crippen LogP contribution in [0.4, 0.5) is 4.39 Å². The van der Waals surface area contributed by atoms with E-state index in [4.69, 9.17) is 4.74 Å². The van der Waals surface area contributed by atoms with Crippen LogP contribution in [0.5, 0.6) is 5.75 Å². The van der Waals surface area contributed by atoms with Crippen molar-refractivity contribution in [2.75, 3.05) is 7.11 Å². The number of amides is 1.